The molecule has 1 amide bonds. The van der Waals surface area contributed by atoms with Crippen molar-refractivity contribution in [3.8, 4) is 0 Å². The van der Waals surface area contributed by atoms with Crippen molar-refractivity contribution in [2.45, 2.75) is 51.3 Å². The summed E-state index contributed by atoms with van der Waals surface area (Å²) in [6.07, 6.45) is 3.35. The zero-order valence-electron chi connectivity index (χ0n) is 15.9. The molecule has 146 valence electrons. The molecule has 1 aromatic heterocycles. The molecule has 1 aromatic carbocycles. The number of amides is 1. The van der Waals surface area contributed by atoms with Crippen LogP contribution in [-0.4, -0.2) is 36.9 Å². The maximum Gasteiger partial charge on any atom is 0.261 e. The van der Waals surface area contributed by atoms with E-state index in [1.54, 1.807) is 26.0 Å². The van der Waals surface area contributed by atoms with Crippen molar-refractivity contribution in [1.29, 1.82) is 0 Å². The van der Waals surface area contributed by atoms with Crippen LogP contribution in [0.3, 0.4) is 0 Å². The highest BCUT2D eigenvalue weighted by molar-refractivity contribution is 7.89. The first-order valence-corrected chi connectivity index (χ1v) is 10.7. The SMILES string of the molecule is CCc1onc(C)c1C(=O)Nc1ccc(C)c(S(=O)(=O)N2CCCCC2)c1. The Balaban J connectivity index is 1.89. The minimum Gasteiger partial charge on any atom is -0.360 e. The van der Waals surface area contributed by atoms with Gasteiger partial charge in [-0.05, 0) is 44.4 Å². The van der Waals surface area contributed by atoms with Gasteiger partial charge in [-0.1, -0.05) is 24.6 Å². The Morgan fingerprint density at radius 1 is 1.22 bits per heavy atom. The molecule has 1 aliphatic heterocycles. The van der Waals surface area contributed by atoms with Gasteiger partial charge in [0, 0.05) is 25.2 Å². The number of hydrogen-bond donors (Lipinski definition) is 1. The van der Waals surface area contributed by atoms with E-state index in [9.17, 15) is 13.2 Å². The average Bonchev–Trinajstić information content (AvgIpc) is 3.04. The molecule has 0 bridgehead atoms. The molecule has 1 saturated heterocycles. The zero-order valence-corrected chi connectivity index (χ0v) is 16.7. The topological polar surface area (TPSA) is 92.5 Å². The molecular weight excluding hydrogens is 366 g/mol. The standard InChI is InChI=1S/C19H25N3O4S/c1-4-16-18(14(3)21-26-16)19(23)20-15-9-8-13(2)17(12-15)27(24,25)22-10-6-5-7-11-22/h8-9,12H,4-7,10-11H2,1-3H3,(H,20,23). The second kappa shape index (κ2) is 7.82. The molecule has 1 aliphatic rings. The van der Waals surface area contributed by atoms with Crippen molar-refractivity contribution in [3.05, 3.63) is 40.8 Å². The predicted molar refractivity (Wildman–Crippen MR) is 102 cm³/mol. The van der Waals surface area contributed by atoms with Gasteiger partial charge in [0.05, 0.1) is 10.6 Å². The number of aryl methyl sites for hydroxylation is 3. The van der Waals surface area contributed by atoms with Crippen LogP contribution in [0.4, 0.5) is 5.69 Å². The first-order valence-electron chi connectivity index (χ1n) is 9.22. The molecule has 0 spiro atoms. The summed E-state index contributed by atoms with van der Waals surface area (Å²) in [5.74, 6) is 0.161. The number of piperidine rings is 1. The Hall–Kier alpha value is -2.19. The number of hydrogen-bond acceptors (Lipinski definition) is 5. The number of anilines is 1. The van der Waals surface area contributed by atoms with E-state index in [4.69, 9.17) is 4.52 Å². The van der Waals surface area contributed by atoms with Crippen LogP contribution in [0.5, 0.6) is 0 Å². The largest absolute Gasteiger partial charge is 0.360 e. The van der Waals surface area contributed by atoms with E-state index in [1.165, 1.54) is 10.4 Å². The molecule has 0 aliphatic carbocycles. The Labute approximate surface area is 159 Å². The third-order valence-electron chi connectivity index (χ3n) is 4.86. The lowest BCUT2D eigenvalue weighted by Crippen LogP contribution is -2.36. The predicted octanol–water partition coefficient (Wildman–Crippen LogP) is 3.28. The molecule has 1 N–H and O–H groups in total. The van der Waals surface area contributed by atoms with Crippen molar-refractivity contribution in [2.75, 3.05) is 18.4 Å². The van der Waals surface area contributed by atoms with E-state index in [-0.39, 0.29) is 10.8 Å². The third-order valence-corrected chi connectivity index (χ3v) is 6.90. The van der Waals surface area contributed by atoms with Gasteiger partial charge in [0.15, 0.2) is 0 Å². The lowest BCUT2D eigenvalue weighted by molar-refractivity contribution is 0.102. The van der Waals surface area contributed by atoms with E-state index >= 15 is 0 Å². The van der Waals surface area contributed by atoms with Gasteiger partial charge < -0.3 is 9.84 Å². The second-order valence-electron chi connectivity index (χ2n) is 6.82. The summed E-state index contributed by atoms with van der Waals surface area (Å²) >= 11 is 0. The maximum absolute atomic E-state index is 13.0. The van der Waals surface area contributed by atoms with Gasteiger partial charge >= 0.3 is 0 Å². The van der Waals surface area contributed by atoms with E-state index in [1.807, 2.05) is 6.92 Å². The van der Waals surface area contributed by atoms with Crippen molar-refractivity contribution < 1.29 is 17.7 Å². The molecule has 1 fully saturated rings. The van der Waals surface area contributed by atoms with Crippen molar-refractivity contribution >= 4 is 21.6 Å². The van der Waals surface area contributed by atoms with Crippen LogP contribution in [0.25, 0.3) is 0 Å². The molecule has 2 heterocycles. The first-order chi connectivity index (χ1) is 12.8. The lowest BCUT2D eigenvalue weighted by Gasteiger charge is -2.26. The second-order valence-corrected chi connectivity index (χ2v) is 8.73. The van der Waals surface area contributed by atoms with Crippen LogP contribution < -0.4 is 5.32 Å². The monoisotopic (exact) mass is 391 g/mol. The van der Waals surface area contributed by atoms with Gasteiger partial charge in [0.1, 0.15) is 11.3 Å². The quantitative estimate of drug-likeness (QED) is 0.844. The van der Waals surface area contributed by atoms with E-state index in [0.717, 1.165) is 19.3 Å². The van der Waals surface area contributed by atoms with Crippen molar-refractivity contribution in [3.63, 3.8) is 0 Å². The summed E-state index contributed by atoms with van der Waals surface area (Å²) in [5, 5.41) is 6.62. The number of carbonyl (C=O) groups excluding carboxylic acids is 1. The van der Waals surface area contributed by atoms with Gasteiger partial charge in [0.25, 0.3) is 5.91 Å². The molecule has 2 aromatic rings. The van der Waals surface area contributed by atoms with Gasteiger partial charge in [-0.15, -0.1) is 0 Å². The fourth-order valence-corrected chi connectivity index (χ4v) is 5.11. The summed E-state index contributed by atoms with van der Waals surface area (Å²) in [6, 6.07) is 4.95. The summed E-state index contributed by atoms with van der Waals surface area (Å²) in [7, 11) is -3.57. The number of nitrogens with zero attached hydrogens (tertiary/aromatic N) is 2. The molecule has 8 heteroatoms. The molecule has 0 radical (unpaired) electrons. The molecule has 3 rings (SSSR count). The summed E-state index contributed by atoms with van der Waals surface area (Å²) in [4.78, 5) is 12.9. The normalized spacial score (nSPS) is 15.7. The van der Waals surface area contributed by atoms with E-state index in [0.29, 0.717) is 47.8 Å². The number of nitrogens with one attached hydrogen (secondary N) is 1. The van der Waals surface area contributed by atoms with Crippen LogP contribution in [0.1, 0.15) is 53.6 Å². The highest BCUT2D eigenvalue weighted by Crippen LogP contribution is 2.26. The third kappa shape index (κ3) is 3.91. The maximum atomic E-state index is 13.0. The van der Waals surface area contributed by atoms with Crippen LogP contribution >= 0.6 is 0 Å². The van der Waals surface area contributed by atoms with Gasteiger partial charge in [-0.2, -0.15) is 4.31 Å². The van der Waals surface area contributed by atoms with Gasteiger partial charge in [-0.3, -0.25) is 4.79 Å². The van der Waals surface area contributed by atoms with Crippen LogP contribution in [0.15, 0.2) is 27.6 Å². The number of sulfonamides is 1. The number of benzene rings is 1. The molecule has 0 saturated carbocycles. The van der Waals surface area contributed by atoms with Crippen LogP contribution in [0, 0.1) is 13.8 Å². The molecule has 27 heavy (non-hydrogen) atoms. The number of rotatable bonds is 5. The summed E-state index contributed by atoms with van der Waals surface area (Å²) < 4.78 is 32.7. The summed E-state index contributed by atoms with van der Waals surface area (Å²) in [6.45, 7) is 6.43. The zero-order chi connectivity index (χ0) is 19.6. The van der Waals surface area contributed by atoms with Crippen molar-refractivity contribution in [2.24, 2.45) is 0 Å². The number of carbonyl (C=O) groups is 1. The Morgan fingerprint density at radius 2 is 1.93 bits per heavy atom. The van der Waals surface area contributed by atoms with Crippen molar-refractivity contribution in [1.82, 2.24) is 9.46 Å². The fraction of sp³-hybridized carbons (Fsp3) is 0.474. The van der Waals surface area contributed by atoms with Crippen LogP contribution in [0.2, 0.25) is 0 Å². The number of aromatic nitrogens is 1. The lowest BCUT2D eigenvalue weighted by atomic mass is 10.1. The minimum absolute atomic E-state index is 0.236. The van der Waals surface area contributed by atoms with Gasteiger partial charge in [-0.25, -0.2) is 8.42 Å². The Morgan fingerprint density at radius 3 is 2.59 bits per heavy atom. The highest BCUT2D eigenvalue weighted by atomic mass is 32.2. The molecule has 0 atom stereocenters. The van der Waals surface area contributed by atoms with E-state index < -0.39 is 10.0 Å². The Bertz CT molecular complexity index is 944. The average molecular weight is 391 g/mol. The van der Waals surface area contributed by atoms with E-state index in [2.05, 4.69) is 10.5 Å². The smallest absolute Gasteiger partial charge is 0.261 e. The van der Waals surface area contributed by atoms with Gasteiger partial charge in [0.2, 0.25) is 10.0 Å². The molecule has 0 unspecified atom stereocenters. The fourth-order valence-electron chi connectivity index (χ4n) is 3.34. The minimum atomic E-state index is -3.57. The highest BCUT2D eigenvalue weighted by Gasteiger charge is 2.28. The molecular formula is C19H25N3O4S. The first kappa shape index (κ1) is 19.6. The van der Waals surface area contributed by atoms with Crippen LogP contribution in [-0.2, 0) is 16.4 Å². The Kier molecular flexibility index (Phi) is 5.67. The molecule has 7 nitrogen and oxygen atoms in total. The summed E-state index contributed by atoms with van der Waals surface area (Å²) in [5.41, 5.74) is 2.01.